The van der Waals surface area contributed by atoms with Crippen LogP contribution in [-0.4, -0.2) is 55.3 Å². The molecule has 0 rings (SSSR count). The normalized spacial score (nSPS) is 13.9. The zero-order valence-electron chi connectivity index (χ0n) is 19.2. The number of likely N-dealkylation sites (N-methyl/N-ethyl adjacent to an activating group) is 1. The second-order valence-electron chi connectivity index (χ2n) is 9.23. The molecule has 0 amide bonds. The summed E-state index contributed by atoms with van der Waals surface area (Å²) in [6.07, 6.45) is 12.8. The Hall–Kier alpha value is -1.10. The molecule has 0 aromatic carbocycles. The van der Waals surface area contributed by atoms with E-state index >= 15 is 0 Å². The molecule has 5 nitrogen and oxygen atoms in total. The number of carboxylic acids is 1. The summed E-state index contributed by atoms with van der Waals surface area (Å²) in [7, 11) is 5.96. The minimum absolute atomic E-state index is 0.0909. The molecule has 2 atom stereocenters. The van der Waals surface area contributed by atoms with Crippen LogP contribution in [0.2, 0.25) is 0 Å². The fourth-order valence-corrected chi connectivity index (χ4v) is 3.58. The Bertz CT molecular complexity index is 417. The molecule has 0 aromatic heterocycles. The van der Waals surface area contributed by atoms with Gasteiger partial charge in [-0.3, -0.25) is 9.59 Å². The van der Waals surface area contributed by atoms with Crippen LogP contribution in [0.1, 0.15) is 97.3 Å². The van der Waals surface area contributed by atoms with Gasteiger partial charge >= 0.3 is 11.9 Å². The summed E-state index contributed by atoms with van der Waals surface area (Å²) in [6.45, 7) is 4.91. The Morgan fingerprint density at radius 1 is 0.821 bits per heavy atom. The van der Waals surface area contributed by atoms with E-state index in [1.165, 1.54) is 38.5 Å². The minimum atomic E-state index is -0.915. The maximum absolute atomic E-state index is 12.8. The maximum atomic E-state index is 12.8. The highest BCUT2D eigenvalue weighted by molar-refractivity contribution is 5.73. The van der Waals surface area contributed by atoms with Crippen LogP contribution in [0.25, 0.3) is 0 Å². The zero-order chi connectivity index (χ0) is 21.4. The number of hydrogen-bond acceptors (Lipinski definition) is 3. The topological polar surface area (TPSA) is 63.6 Å². The number of nitrogens with zero attached hydrogens (tertiary/aromatic N) is 1. The van der Waals surface area contributed by atoms with Crippen molar-refractivity contribution in [1.29, 1.82) is 0 Å². The molecule has 1 N–H and O–H groups in total. The average molecular weight is 401 g/mol. The molecule has 0 radical (unpaired) electrons. The largest absolute Gasteiger partial charge is 0.481 e. The lowest BCUT2D eigenvalue weighted by molar-refractivity contribution is -0.873. The van der Waals surface area contributed by atoms with E-state index in [0.717, 1.165) is 38.5 Å². The van der Waals surface area contributed by atoms with E-state index in [1.807, 2.05) is 21.1 Å². The summed E-state index contributed by atoms with van der Waals surface area (Å²) in [5.41, 5.74) is 0. The third kappa shape index (κ3) is 15.9. The van der Waals surface area contributed by atoms with Crippen LogP contribution in [0, 0.1) is 5.92 Å². The van der Waals surface area contributed by atoms with Gasteiger partial charge in [0, 0.05) is 0 Å². The molecule has 0 saturated carbocycles. The molecular weight excluding hydrogens is 354 g/mol. The first kappa shape index (κ1) is 26.9. The van der Waals surface area contributed by atoms with E-state index in [-0.39, 0.29) is 18.3 Å². The quantitative estimate of drug-likeness (QED) is 0.190. The van der Waals surface area contributed by atoms with Crippen molar-refractivity contribution in [3.05, 3.63) is 0 Å². The first-order valence-electron chi connectivity index (χ1n) is 11.4. The van der Waals surface area contributed by atoms with Crippen molar-refractivity contribution in [2.45, 2.75) is 103 Å². The van der Waals surface area contributed by atoms with E-state index in [1.54, 1.807) is 0 Å². The van der Waals surface area contributed by atoms with Gasteiger partial charge < -0.3 is 14.3 Å². The van der Waals surface area contributed by atoms with Gasteiger partial charge in [-0.25, -0.2) is 0 Å². The van der Waals surface area contributed by atoms with Crippen molar-refractivity contribution in [3.8, 4) is 0 Å². The van der Waals surface area contributed by atoms with Gasteiger partial charge in [0.25, 0.3) is 0 Å². The predicted octanol–water partition coefficient (Wildman–Crippen LogP) is 5.42. The fraction of sp³-hybridized carbons (Fsp3) is 0.913. The zero-order valence-corrected chi connectivity index (χ0v) is 19.2. The summed E-state index contributed by atoms with van der Waals surface area (Å²) in [5.74, 6) is -1.20. The number of carbonyl (C=O) groups excluding carboxylic acids is 1. The molecule has 0 fully saturated rings. The minimum Gasteiger partial charge on any atom is -0.481 e. The van der Waals surface area contributed by atoms with Gasteiger partial charge in [-0.15, -0.1) is 0 Å². The molecule has 0 bridgehead atoms. The number of unbranched alkanes of at least 4 members (excludes halogenated alkanes) is 8. The summed E-state index contributed by atoms with van der Waals surface area (Å²) in [5, 5.41) is 9.18. The van der Waals surface area contributed by atoms with Gasteiger partial charge in [-0.2, -0.15) is 0 Å². The van der Waals surface area contributed by atoms with Crippen LogP contribution in [-0.2, 0) is 14.3 Å². The van der Waals surface area contributed by atoms with E-state index in [4.69, 9.17) is 4.74 Å². The monoisotopic (exact) mass is 400 g/mol. The Labute approximate surface area is 173 Å². The van der Waals surface area contributed by atoms with Gasteiger partial charge in [0.2, 0.25) is 0 Å². The van der Waals surface area contributed by atoms with E-state index in [2.05, 4.69) is 13.8 Å². The van der Waals surface area contributed by atoms with Crippen LogP contribution in [0.4, 0.5) is 0 Å². The van der Waals surface area contributed by atoms with E-state index in [9.17, 15) is 14.7 Å². The highest BCUT2D eigenvalue weighted by Gasteiger charge is 2.28. The molecule has 0 heterocycles. The number of hydrogen-bond donors (Lipinski definition) is 1. The summed E-state index contributed by atoms with van der Waals surface area (Å²) >= 11 is 0. The van der Waals surface area contributed by atoms with Crippen molar-refractivity contribution in [2.75, 3.05) is 27.7 Å². The molecule has 0 aliphatic rings. The highest BCUT2D eigenvalue weighted by Crippen LogP contribution is 2.22. The van der Waals surface area contributed by atoms with Crippen LogP contribution in [0.5, 0.6) is 0 Å². The van der Waals surface area contributed by atoms with Crippen molar-refractivity contribution in [3.63, 3.8) is 0 Å². The lowest BCUT2D eigenvalue weighted by Gasteiger charge is -2.29. The van der Waals surface area contributed by atoms with Crippen molar-refractivity contribution in [1.82, 2.24) is 0 Å². The van der Waals surface area contributed by atoms with Crippen LogP contribution >= 0.6 is 0 Å². The Morgan fingerprint density at radius 3 is 1.75 bits per heavy atom. The lowest BCUT2D eigenvalue weighted by atomic mass is 9.94. The van der Waals surface area contributed by atoms with Crippen molar-refractivity contribution in [2.24, 2.45) is 5.92 Å². The number of rotatable bonds is 18. The SMILES string of the molecule is CCCCCCCCC(CCCCCC)C(=O)OC(CC(=O)O)C[N+](C)(C)C. The Morgan fingerprint density at radius 2 is 1.29 bits per heavy atom. The standard InChI is InChI=1S/C23H45NO4/c1-6-8-10-12-13-15-17-20(16-14-11-9-7-2)23(27)28-21(18-22(25)26)19-24(3,4)5/h20-21H,6-19H2,1-5H3/p+1. The van der Waals surface area contributed by atoms with Gasteiger partial charge in [0.1, 0.15) is 6.54 Å². The number of carboxylic acid groups (broad SMARTS) is 1. The van der Waals surface area contributed by atoms with Crippen molar-refractivity contribution < 1.29 is 23.9 Å². The lowest BCUT2D eigenvalue weighted by Crippen LogP contribution is -2.44. The van der Waals surface area contributed by atoms with E-state index in [0.29, 0.717) is 11.0 Å². The summed E-state index contributed by atoms with van der Waals surface area (Å²) in [6, 6.07) is 0. The van der Waals surface area contributed by atoms with Crippen LogP contribution in [0.15, 0.2) is 0 Å². The van der Waals surface area contributed by atoms with Crippen LogP contribution < -0.4 is 0 Å². The number of ether oxygens (including phenoxy) is 1. The van der Waals surface area contributed by atoms with Gasteiger partial charge in [-0.1, -0.05) is 78.1 Å². The maximum Gasteiger partial charge on any atom is 0.309 e. The summed E-state index contributed by atoms with van der Waals surface area (Å²) < 4.78 is 6.29. The smallest absolute Gasteiger partial charge is 0.309 e. The van der Waals surface area contributed by atoms with Crippen LogP contribution in [0.3, 0.4) is 0 Å². The first-order valence-corrected chi connectivity index (χ1v) is 11.4. The molecule has 0 spiro atoms. The number of quaternary nitrogens is 1. The first-order chi connectivity index (χ1) is 13.2. The molecule has 0 aliphatic carbocycles. The summed E-state index contributed by atoms with van der Waals surface area (Å²) in [4.78, 5) is 24.0. The fourth-order valence-electron chi connectivity index (χ4n) is 3.58. The molecule has 2 unspecified atom stereocenters. The molecule has 5 heteroatoms. The van der Waals surface area contributed by atoms with Gasteiger partial charge in [0.15, 0.2) is 6.10 Å². The number of aliphatic carboxylic acids is 1. The number of esters is 1. The average Bonchev–Trinajstić information content (AvgIpc) is 2.57. The molecule has 0 aromatic rings. The Balaban J connectivity index is 4.70. The highest BCUT2D eigenvalue weighted by atomic mass is 16.5. The third-order valence-corrected chi connectivity index (χ3v) is 5.08. The second-order valence-corrected chi connectivity index (χ2v) is 9.23. The third-order valence-electron chi connectivity index (χ3n) is 5.08. The van der Waals surface area contributed by atoms with Gasteiger partial charge in [-0.05, 0) is 12.8 Å². The molecule has 0 aliphatic heterocycles. The molecular formula is C23H46NO4+. The molecule has 166 valence electrons. The van der Waals surface area contributed by atoms with Gasteiger partial charge in [0.05, 0.1) is 33.5 Å². The second kappa shape index (κ2) is 15.8. The molecule has 28 heavy (non-hydrogen) atoms. The number of carbonyl (C=O) groups is 2. The van der Waals surface area contributed by atoms with Crippen molar-refractivity contribution >= 4 is 11.9 Å². The molecule has 0 saturated heterocycles. The van der Waals surface area contributed by atoms with E-state index < -0.39 is 12.1 Å². The Kier molecular flexibility index (Phi) is 15.2. The predicted molar refractivity (Wildman–Crippen MR) is 115 cm³/mol.